The van der Waals surface area contributed by atoms with E-state index in [4.69, 9.17) is 0 Å². The molecule has 2 rings (SSSR count). The molecule has 0 bridgehead atoms. The number of carbonyl (C=O) groups excluding carboxylic acids is 3. The van der Waals surface area contributed by atoms with Gasteiger partial charge in [-0.25, -0.2) is 0 Å². The Morgan fingerprint density at radius 2 is 1.81 bits per heavy atom. The average molecular weight is 367 g/mol. The Balaban J connectivity index is 2.22. The van der Waals surface area contributed by atoms with Crippen molar-refractivity contribution < 1.29 is 14.4 Å². The van der Waals surface area contributed by atoms with Gasteiger partial charge < -0.3 is 20.4 Å². The minimum Gasteiger partial charge on any atom is -0.342 e. The van der Waals surface area contributed by atoms with Crippen molar-refractivity contribution in [2.24, 2.45) is 5.41 Å². The summed E-state index contributed by atoms with van der Waals surface area (Å²) < 4.78 is 0. The molecule has 0 saturated carbocycles. The van der Waals surface area contributed by atoms with E-state index in [1.807, 2.05) is 30.6 Å². The minimum atomic E-state index is -0.598. The lowest BCUT2D eigenvalue weighted by Crippen LogP contribution is -2.59. The normalized spacial score (nSPS) is 27.9. The summed E-state index contributed by atoms with van der Waals surface area (Å²) in [5, 5.41) is 5.85. The second-order valence-electron chi connectivity index (χ2n) is 8.93. The van der Waals surface area contributed by atoms with E-state index < -0.39 is 11.5 Å². The van der Waals surface area contributed by atoms with Gasteiger partial charge in [0.25, 0.3) is 0 Å². The lowest BCUT2D eigenvalue weighted by molar-refractivity contribution is -0.141. The number of hydrogen-bond donors (Lipinski definition) is 2. The molecule has 0 aromatic carbocycles. The van der Waals surface area contributed by atoms with Gasteiger partial charge in [-0.05, 0) is 39.2 Å². The summed E-state index contributed by atoms with van der Waals surface area (Å²) in [5.41, 5.74) is -0.704. The maximum absolute atomic E-state index is 13.4. The highest BCUT2D eigenvalue weighted by atomic mass is 16.2. The van der Waals surface area contributed by atoms with E-state index in [0.29, 0.717) is 13.1 Å². The molecule has 2 aliphatic rings. The summed E-state index contributed by atoms with van der Waals surface area (Å²) in [7, 11) is 1.72. The van der Waals surface area contributed by atoms with E-state index in [1.54, 1.807) is 20.9 Å². The number of hydrogen-bond acceptors (Lipinski definition) is 4. The van der Waals surface area contributed by atoms with Gasteiger partial charge in [-0.15, -0.1) is 0 Å². The van der Waals surface area contributed by atoms with E-state index in [2.05, 4.69) is 17.6 Å². The van der Waals surface area contributed by atoms with Crippen molar-refractivity contribution in [3.05, 3.63) is 0 Å². The molecule has 7 nitrogen and oxygen atoms in total. The van der Waals surface area contributed by atoms with Crippen molar-refractivity contribution in [2.75, 3.05) is 20.1 Å². The van der Waals surface area contributed by atoms with Gasteiger partial charge in [-0.3, -0.25) is 14.4 Å². The zero-order chi connectivity index (χ0) is 19.9. The van der Waals surface area contributed by atoms with E-state index in [0.717, 1.165) is 12.8 Å². The third-order valence-electron chi connectivity index (χ3n) is 6.08. The zero-order valence-electron chi connectivity index (χ0n) is 17.2. The smallest absolute Gasteiger partial charge is 0.246 e. The second kappa shape index (κ2) is 7.18. The van der Waals surface area contributed by atoms with Gasteiger partial charge in [-0.1, -0.05) is 20.8 Å². The van der Waals surface area contributed by atoms with Gasteiger partial charge >= 0.3 is 0 Å². The molecule has 2 heterocycles. The van der Waals surface area contributed by atoms with E-state index in [-0.39, 0.29) is 35.3 Å². The highest BCUT2D eigenvalue weighted by molar-refractivity contribution is 5.90. The molecule has 2 aliphatic heterocycles. The third-order valence-corrected chi connectivity index (χ3v) is 6.08. The number of nitrogens with zero attached hydrogens (tertiary/aromatic N) is 2. The molecule has 0 spiro atoms. The van der Waals surface area contributed by atoms with Crippen LogP contribution in [0.3, 0.4) is 0 Å². The molecule has 0 aliphatic carbocycles. The van der Waals surface area contributed by atoms with Gasteiger partial charge in [-0.2, -0.15) is 0 Å². The molecule has 2 fully saturated rings. The van der Waals surface area contributed by atoms with Crippen LogP contribution in [0.5, 0.6) is 0 Å². The summed E-state index contributed by atoms with van der Waals surface area (Å²) in [6, 6.07) is -0.946. The zero-order valence-corrected chi connectivity index (χ0v) is 17.2. The van der Waals surface area contributed by atoms with Crippen molar-refractivity contribution in [3.8, 4) is 0 Å². The van der Waals surface area contributed by atoms with Gasteiger partial charge in [0.2, 0.25) is 17.7 Å². The SMILES string of the molecule is CNC(C)C(=O)NC(C(=O)N1CCC2(C)C1CCN2C(C)=O)C(C)(C)C. The van der Waals surface area contributed by atoms with Gasteiger partial charge in [0.1, 0.15) is 6.04 Å². The van der Waals surface area contributed by atoms with Crippen molar-refractivity contribution in [1.29, 1.82) is 0 Å². The molecule has 7 heteroatoms. The molecule has 2 saturated heterocycles. The first-order valence-electron chi connectivity index (χ1n) is 9.50. The predicted octanol–water partition coefficient (Wildman–Crippen LogP) is 0.737. The fourth-order valence-electron chi connectivity index (χ4n) is 4.29. The molecule has 4 unspecified atom stereocenters. The quantitative estimate of drug-likeness (QED) is 0.769. The van der Waals surface area contributed by atoms with Crippen LogP contribution >= 0.6 is 0 Å². The summed E-state index contributed by atoms with van der Waals surface area (Å²) >= 11 is 0. The Hall–Kier alpha value is -1.63. The van der Waals surface area contributed by atoms with Crippen LogP contribution in [0, 0.1) is 5.41 Å². The monoisotopic (exact) mass is 366 g/mol. The van der Waals surface area contributed by atoms with Crippen LogP contribution < -0.4 is 10.6 Å². The van der Waals surface area contributed by atoms with Gasteiger partial charge in [0, 0.05) is 20.0 Å². The number of fused-ring (bicyclic) bond motifs is 1. The maximum atomic E-state index is 13.4. The van der Waals surface area contributed by atoms with Gasteiger partial charge in [0.05, 0.1) is 17.6 Å². The van der Waals surface area contributed by atoms with Gasteiger partial charge in [0.15, 0.2) is 0 Å². The molecule has 0 aromatic rings. The lowest BCUT2D eigenvalue weighted by Gasteiger charge is -2.38. The predicted molar refractivity (Wildman–Crippen MR) is 100 cm³/mol. The third kappa shape index (κ3) is 3.59. The molecule has 148 valence electrons. The number of carbonyl (C=O) groups is 3. The van der Waals surface area contributed by atoms with Crippen molar-refractivity contribution in [2.45, 2.75) is 78.0 Å². The highest BCUT2D eigenvalue weighted by Gasteiger charge is 2.55. The molecule has 4 atom stereocenters. The van der Waals surface area contributed by atoms with E-state index in [9.17, 15) is 14.4 Å². The van der Waals surface area contributed by atoms with Crippen molar-refractivity contribution in [1.82, 2.24) is 20.4 Å². The van der Waals surface area contributed by atoms with Crippen LogP contribution in [0.15, 0.2) is 0 Å². The van der Waals surface area contributed by atoms with Crippen molar-refractivity contribution >= 4 is 17.7 Å². The molecule has 0 aromatic heterocycles. The molecule has 2 N–H and O–H groups in total. The Bertz CT molecular complexity index is 586. The first-order chi connectivity index (χ1) is 11.9. The largest absolute Gasteiger partial charge is 0.342 e. The first-order valence-corrected chi connectivity index (χ1v) is 9.50. The van der Waals surface area contributed by atoms with Crippen molar-refractivity contribution in [3.63, 3.8) is 0 Å². The molecular weight excluding hydrogens is 332 g/mol. The fourth-order valence-corrected chi connectivity index (χ4v) is 4.29. The number of amides is 3. The standard InChI is InChI=1S/C19H34N4O3/c1-12(20-7)16(25)21-15(18(3,4)5)17(26)22-11-9-19(6)14(22)8-10-23(19)13(2)24/h12,14-15,20H,8-11H2,1-7H3,(H,21,25). The lowest BCUT2D eigenvalue weighted by atomic mass is 9.85. The molecule has 3 amide bonds. The van der Waals surface area contributed by atoms with E-state index in [1.165, 1.54) is 0 Å². The van der Waals surface area contributed by atoms with Crippen LogP contribution in [0.4, 0.5) is 0 Å². The topological polar surface area (TPSA) is 81.8 Å². The van der Waals surface area contributed by atoms with Crippen LogP contribution in [0.25, 0.3) is 0 Å². The second-order valence-corrected chi connectivity index (χ2v) is 8.93. The minimum absolute atomic E-state index is 0.0161. The molecule has 0 radical (unpaired) electrons. The van der Waals surface area contributed by atoms with Crippen LogP contribution in [-0.2, 0) is 14.4 Å². The molecule has 26 heavy (non-hydrogen) atoms. The average Bonchev–Trinajstić information content (AvgIpc) is 3.03. The van der Waals surface area contributed by atoms with E-state index >= 15 is 0 Å². The van der Waals surface area contributed by atoms with Crippen LogP contribution in [0.2, 0.25) is 0 Å². The number of rotatable bonds is 4. The number of likely N-dealkylation sites (N-methyl/N-ethyl adjacent to an activating group) is 1. The summed E-state index contributed by atoms with van der Waals surface area (Å²) in [6.45, 7) is 12.6. The summed E-state index contributed by atoms with van der Waals surface area (Å²) in [6.07, 6.45) is 1.57. The summed E-state index contributed by atoms with van der Waals surface area (Å²) in [4.78, 5) is 41.5. The number of nitrogens with one attached hydrogen (secondary N) is 2. The van der Waals surface area contributed by atoms with Crippen LogP contribution in [0.1, 0.15) is 54.4 Å². The maximum Gasteiger partial charge on any atom is 0.246 e. The Morgan fingerprint density at radius 3 is 2.31 bits per heavy atom. The fraction of sp³-hybridized carbons (Fsp3) is 0.842. The Labute approximate surface area is 156 Å². The Morgan fingerprint density at radius 1 is 1.19 bits per heavy atom. The molecular formula is C19H34N4O3. The Kier molecular flexibility index (Phi) is 5.71. The first kappa shape index (κ1) is 20.7. The highest BCUT2D eigenvalue weighted by Crippen LogP contribution is 2.42. The van der Waals surface area contributed by atoms with Crippen LogP contribution in [-0.4, -0.2) is 71.3 Å². The number of likely N-dealkylation sites (tertiary alicyclic amines) is 2. The summed E-state index contributed by atoms with van der Waals surface area (Å²) in [5.74, 6) is -0.166.